The molecular weight excluding hydrogens is 243 g/mol. The SMILES string of the molecule is FC(F)(F)CCNc1ncnc2c1CCCCC2. The molecule has 1 aliphatic carbocycles. The average Bonchev–Trinajstić information content (AvgIpc) is 2.53. The van der Waals surface area contributed by atoms with Crippen LogP contribution < -0.4 is 5.32 Å². The van der Waals surface area contributed by atoms with Gasteiger partial charge >= 0.3 is 6.18 Å². The van der Waals surface area contributed by atoms with E-state index in [0.29, 0.717) is 5.82 Å². The molecular formula is C12H16F3N3. The zero-order valence-electron chi connectivity index (χ0n) is 10.1. The number of aromatic nitrogens is 2. The van der Waals surface area contributed by atoms with Crippen molar-refractivity contribution in [1.29, 1.82) is 0 Å². The third-order valence-corrected chi connectivity index (χ3v) is 3.08. The van der Waals surface area contributed by atoms with E-state index in [-0.39, 0.29) is 6.54 Å². The maximum atomic E-state index is 12.1. The van der Waals surface area contributed by atoms with Crippen LogP contribution in [-0.2, 0) is 12.8 Å². The summed E-state index contributed by atoms with van der Waals surface area (Å²) in [5.41, 5.74) is 1.98. The van der Waals surface area contributed by atoms with Gasteiger partial charge in [0.25, 0.3) is 0 Å². The fraction of sp³-hybridized carbons (Fsp3) is 0.667. The maximum Gasteiger partial charge on any atom is 0.390 e. The van der Waals surface area contributed by atoms with Gasteiger partial charge in [-0.2, -0.15) is 13.2 Å². The maximum absolute atomic E-state index is 12.1. The smallest absolute Gasteiger partial charge is 0.369 e. The Morgan fingerprint density at radius 3 is 2.67 bits per heavy atom. The third kappa shape index (κ3) is 3.58. The topological polar surface area (TPSA) is 37.8 Å². The number of rotatable bonds is 3. The van der Waals surface area contributed by atoms with Crippen LogP contribution in [0.15, 0.2) is 6.33 Å². The number of halogens is 3. The van der Waals surface area contributed by atoms with E-state index in [1.807, 2.05) is 0 Å². The predicted octanol–water partition coefficient (Wildman–Crippen LogP) is 3.11. The highest BCUT2D eigenvalue weighted by molar-refractivity contribution is 5.46. The molecule has 1 heterocycles. The number of anilines is 1. The molecule has 1 aromatic rings. The molecule has 0 amide bonds. The molecule has 0 spiro atoms. The fourth-order valence-electron chi connectivity index (χ4n) is 2.17. The molecule has 0 saturated carbocycles. The molecule has 0 aliphatic heterocycles. The Hall–Kier alpha value is -1.33. The summed E-state index contributed by atoms with van der Waals surface area (Å²) in [5.74, 6) is 0.575. The Labute approximate surface area is 104 Å². The third-order valence-electron chi connectivity index (χ3n) is 3.08. The summed E-state index contributed by atoms with van der Waals surface area (Å²) < 4.78 is 36.3. The minimum Gasteiger partial charge on any atom is -0.369 e. The van der Waals surface area contributed by atoms with Crippen molar-refractivity contribution < 1.29 is 13.2 Å². The summed E-state index contributed by atoms with van der Waals surface area (Å²) in [4.78, 5) is 8.29. The van der Waals surface area contributed by atoms with Gasteiger partial charge < -0.3 is 5.32 Å². The van der Waals surface area contributed by atoms with E-state index < -0.39 is 12.6 Å². The van der Waals surface area contributed by atoms with Gasteiger partial charge in [-0.05, 0) is 25.7 Å². The van der Waals surface area contributed by atoms with E-state index in [1.54, 1.807) is 0 Å². The Morgan fingerprint density at radius 1 is 1.11 bits per heavy atom. The minimum atomic E-state index is -4.13. The first-order chi connectivity index (χ1) is 8.56. The van der Waals surface area contributed by atoms with E-state index >= 15 is 0 Å². The van der Waals surface area contributed by atoms with Crippen molar-refractivity contribution in [3.05, 3.63) is 17.6 Å². The molecule has 100 valence electrons. The molecule has 6 heteroatoms. The average molecular weight is 259 g/mol. The van der Waals surface area contributed by atoms with Crippen molar-refractivity contribution in [3.63, 3.8) is 0 Å². The summed E-state index contributed by atoms with van der Waals surface area (Å²) in [6, 6.07) is 0. The molecule has 0 aromatic carbocycles. The van der Waals surface area contributed by atoms with Crippen LogP contribution in [0.3, 0.4) is 0 Å². The fourth-order valence-corrected chi connectivity index (χ4v) is 2.17. The first kappa shape index (κ1) is 13.1. The van der Waals surface area contributed by atoms with Crippen LogP contribution in [0.4, 0.5) is 19.0 Å². The molecule has 3 nitrogen and oxygen atoms in total. The summed E-state index contributed by atoms with van der Waals surface area (Å²) in [7, 11) is 0. The monoisotopic (exact) mass is 259 g/mol. The molecule has 1 aromatic heterocycles. The van der Waals surface area contributed by atoms with Crippen LogP contribution in [-0.4, -0.2) is 22.7 Å². The zero-order valence-corrected chi connectivity index (χ0v) is 10.1. The first-order valence-corrected chi connectivity index (χ1v) is 6.19. The molecule has 18 heavy (non-hydrogen) atoms. The number of fused-ring (bicyclic) bond motifs is 1. The summed E-state index contributed by atoms with van der Waals surface area (Å²) >= 11 is 0. The molecule has 2 rings (SSSR count). The molecule has 1 aliphatic rings. The highest BCUT2D eigenvalue weighted by Crippen LogP contribution is 2.24. The van der Waals surface area contributed by atoms with Crippen molar-refractivity contribution in [2.45, 2.75) is 44.7 Å². The van der Waals surface area contributed by atoms with E-state index in [0.717, 1.165) is 43.4 Å². The Bertz CT molecular complexity index is 404. The van der Waals surface area contributed by atoms with Gasteiger partial charge in [-0.25, -0.2) is 9.97 Å². The Balaban J connectivity index is 2.04. The highest BCUT2D eigenvalue weighted by Gasteiger charge is 2.26. The summed E-state index contributed by atoms with van der Waals surface area (Å²) in [6.45, 7) is -0.132. The van der Waals surface area contributed by atoms with E-state index in [2.05, 4.69) is 15.3 Å². The highest BCUT2D eigenvalue weighted by atomic mass is 19.4. The van der Waals surface area contributed by atoms with Crippen molar-refractivity contribution in [3.8, 4) is 0 Å². The standard InChI is InChI=1S/C12H16F3N3/c13-12(14,15)6-7-16-11-9-4-2-1-3-5-10(9)17-8-18-11/h8H,1-7H2,(H,16,17,18). The quantitative estimate of drug-likeness (QED) is 0.847. The van der Waals surface area contributed by atoms with E-state index in [4.69, 9.17) is 0 Å². The number of hydrogen-bond acceptors (Lipinski definition) is 3. The first-order valence-electron chi connectivity index (χ1n) is 6.19. The van der Waals surface area contributed by atoms with Crippen LogP contribution in [0.25, 0.3) is 0 Å². The van der Waals surface area contributed by atoms with Gasteiger partial charge in [0.2, 0.25) is 0 Å². The normalized spacial score (nSPS) is 15.9. The van der Waals surface area contributed by atoms with Gasteiger partial charge in [-0.15, -0.1) is 0 Å². The van der Waals surface area contributed by atoms with Gasteiger partial charge in [-0.3, -0.25) is 0 Å². The van der Waals surface area contributed by atoms with Crippen molar-refractivity contribution in [1.82, 2.24) is 9.97 Å². The number of nitrogens with one attached hydrogen (secondary N) is 1. The minimum absolute atomic E-state index is 0.132. The molecule has 0 radical (unpaired) electrons. The molecule has 0 atom stereocenters. The van der Waals surface area contributed by atoms with Crippen LogP contribution in [0.5, 0.6) is 0 Å². The second-order valence-corrected chi connectivity index (χ2v) is 4.50. The second kappa shape index (κ2) is 5.54. The number of nitrogens with zero attached hydrogens (tertiary/aromatic N) is 2. The van der Waals surface area contributed by atoms with E-state index in [1.165, 1.54) is 6.33 Å². The molecule has 0 unspecified atom stereocenters. The van der Waals surface area contributed by atoms with Gasteiger partial charge in [-0.1, -0.05) is 6.42 Å². The van der Waals surface area contributed by atoms with Gasteiger partial charge in [0.15, 0.2) is 0 Å². The van der Waals surface area contributed by atoms with Gasteiger partial charge in [0, 0.05) is 17.8 Å². The summed E-state index contributed by atoms with van der Waals surface area (Å²) in [5, 5.41) is 2.79. The lowest BCUT2D eigenvalue weighted by molar-refractivity contribution is -0.131. The lowest BCUT2D eigenvalue weighted by Gasteiger charge is -2.13. The van der Waals surface area contributed by atoms with Crippen molar-refractivity contribution >= 4 is 5.82 Å². The van der Waals surface area contributed by atoms with Crippen LogP contribution in [0.2, 0.25) is 0 Å². The van der Waals surface area contributed by atoms with E-state index in [9.17, 15) is 13.2 Å². The predicted molar refractivity (Wildman–Crippen MR) is 62.5 cm³/mol. The lowest BCUT2D eigenvalue weighted by atomic mass is 10.1. The zero-order chi connectivity index (χ0) is 13.0. The Morgan fingerprint density at radius 2 is 1.89 bits per heavy atom. The van der Waals surface area contributed by atoms with Gasteiger partial charge in [0.1, 0.15) is 12.1 Å². The Kier molecular flexibility index (Phi) is 4.04. The lowest BCUT2D eigenvalue weighted by Crippen LogP contribution is -2.16. The van der Waals surface area contributed by atoms with Crippen LogP contribution >= 0.6 is 0 Å². The molecule has 0 saturated heterocycles. The van der Waals surface area contributed by atoms with Gasteiger partial charge in [0.05, 0.1) is 6.42 Å². The molecule has 1 N–H and O–H groups in total. The number of alkyl halides is 3. The number of hydrogen-bond donors (Lipinski definition) is 1. The van der Waals surface area contributed by atoms with Crippen LogP contribution in [0.1, 0.15) is 36.9 Å². The second-order valence-electron chi connectivity index (χ2n) is 4.50. The van der Waals surface area contributed by atoms with Crippen molar-refractivity contribution in [2.75, 3.05) is 11.9 Å². The largest absolute Gasteiger partial charge is 0.390 e. The van der Waals surface area contributed by atoms with Crippen LogP contribution in [0, 0.1) is 0 Å². The summed E-state index contributed by atoms with van der Waals surface area (Å²) in [6.07, 6.45) is 1.48. The number of aryl methyl sites for hydroxylation is 1. The van der Waals surface area contributed by atoms with Crippen molar-refractivity contribution in [2.24, 2.45) is 0 Å². The molecule has 0 fully saturated rings. The molecule has 0 bridgehead atoms.